The number of nitrogens with zero attached hydrogens (tertiary/aromatic N) is 1. The summed E-state index contributed by atoms with van der Waals surface area (Å²) in [5.74, 6) is -1.05. The number of aromatic nitrogens is 1. The highest BCUT2D eigenvalue weighted by Gasteiger charge is 2.31. The van der Waals surface area contributed by atoms with Gasteiger partial charge in [0.15, 0.2) is 23.9 Å². The quantitative estimate of drug-likeness (QED) is 0.790. The van der Waals surface area contributed by atoms with Gasteiger partial charge >= 0.3 is 12.1 Å². The van der Waals surface area contributed by atoms with Gasteiger partial charge in [0.2, 0.25) is 6.79 Å². The molecule has 1 N–H and O–H groups in total. The van der Waals surface area contributed by atoms with E-state index < -0.39 is 35.2 Å². The van der Waals surface area contributed by atoms with Crippen LogP contribution in [0.25, 0.3) is 0 Å². The second-order valence-electron chi connectivity index (χ2n) is 5.24. The average molecular weight is 403 g/mol. The van der Waals surface area contributed by atoms with Gasteiger partial charge < -0.3 is 19.5 Å². The number of halogens is 4. The van der Waals surface area contributed by atoms with Gasteiger partial charge in [-0.3, -0.25) is 4.79 Å². The number of amides is 1. The van der Waals surface area contributed by atoms with Crippen LogP contribution in [0.2, 0.25) is 5.02 Å². The first kappa shape index (κ1) is 18.8. The van der Waals surface area contributed by atoms with E-state index in [4.69, 9.17) is 25.8 Å². The van der Waals surface area contributed by atoms with E-state index in [1.54, 1.807) is 0 Å². The Kier molecular flexibility index (Phi) is 5.08. The van der Waals surface area contributed by atoms with Gasteiger partial charge in [0, 0.05) is 6.20 Å². The Morgan fingerprint density at radius 3 is 2.67 bits per heavy atom. The van der Waals surface area contributed by atoms with Crippen LogP contribution in [0.15, 0.2) is 30.5 Å². The third-order valence-electron chi connectivity index (χ3n) is 3.37. The molecule has 7 nitrogen and oxygen atoms in total. The Morgan fingerprint density at radius 2 is 1.96 bits per heavy atom. The van der Waals surface area contributed by atoms with Crippen molar-refractivity contribution in [3.05, 3.63) is 46.6 Å². The van der Waals surface area contributed by atoms with Gasteiger partial charge in [-0.2, -0.15) is 13.2 Å². The van der Waals surface area contributed by atoms with Crippen molar-refractivity contribution in [2.45, 2.75) is 6.18 Å². The maximum absolute atomic E-state index is 12.6. The van der Waals surface area contributed by atoms with Crippen molar-refractivity contribution in [1.82, 2.24) is 4.98 Å². The molecule has 0 spiro atoms. The zero-order valence-electron chi connectivity index (χ0n) is 13.3. The summed E-state index contributed by atoms with van der Waals surface area (Å²) in [5.41, 5.74) is -0.919. The van der Waals surface area contributed by atoms with Gasteiger partial charge in [-0.05, 0) is 24.3 Å². The molecule has 1 aromatic heterocycles. The van der Waals surface area contributed by atoms with E-state index in [0.29, 0.717) is 23.8 Å². The van der Waals surface area contributed by atoms with E-state index in [2.05, 4.69) is 10.3 Å². The number of pyridine rings is 1. The fraction of sp³-hybridized carbons (Fsp3) is 0.188. The molecule has 0 aliphatic carbocycles. The molecule has 2 heterocycles. The molecular weight excluding hydrogens is 393 g/mol. The summed E-state index contributed by atoms with van der Waals surface area (Å²) in [6.45, 7) is -0.649. The fourth-order valence-corrected chi connectivity index (χ4v) is 2.30. The molecule has 27 heavy (non-hydrogen) atoms. The van der Waals surface area contributed by atoms with Crippen LogP contribution in [0.4, 0.5) is 19.0 Å². The van der Waals surface area contributed by atoms with Crippen molar-refractivity contribution in [2.24, 2.45) is 0 Å². The molecule has 0 bridgehead atoms. The van der Waals surface area contributed by atoms with Crippen LogP contribution in [0, 0.1) is 0 Å². The number of rotatable bonds is 4. The molecule has 0 saturated carbocycles. The van der Waals surface area contributed by atoms with Crippen LogP contribution in [-0.4, -0.2) is 30.3 Å². The molecule has 0 radical (unpaired) electrons. The fourth-order valence-electron chi connectivity index (χ4n) is 2.09. The Bertz CT molecular complexity index is 904. The summed E-state index contributed by atoms with van der Waals surface area (Å²) in [7, 11) is 0. The highest BCUT2D eigenvalue weighted by atomic mass is 35.5. The number of anilines is 1. The zero-order chi connectivity index (χ0) is 19.6. The molecular formula is C16H10ClF3N2O5. The predicted molar refractivity (Wildman–Crippen MR) is 85.7 cm³/mol. The van der Waals surface area contributed by atoms with Crippen molar-refractivity contribution in [1.29, 1.82) is 0 Å². The summed E-state index contributed by atoms with van der Waals surface area (Å²) in [4.78, 5) is 27.2. The molecule has 1 amide bonds. The minimum absolute atomic E-state index is 0.0388. The number of ether oxygens (including phenoxy) is 3. The van der Waals surface area contributed by atoms with E-state index in [0.717, 1.165) is 0 Å². The lowest BCUT2D eigenvalue weighted by molar-refractivity contribution is -0.137. The van der Waals surface area contributed by atoms with Gasteiger partial charge in [-0.25, -0.2) is 9.78 Å². The third kappa shape index (κ3) is 4.40. The van der Waals surface area contributed by atoms with Crippen LogP contribution in [-0.2, 0) is 15.7 Å². The van der Waals surface area contributed by atoms with Gasteiger partial charge in [-0.15, -0.1) is 0 Å². The topological polar surface area (TPSA) is 86.8 Å². The van der Waals surface area contributed by atoms with Crippen molar-refractivity contribution >= 4 is 29.3 Å². The summed E-state index contributed by atoms with van der Waals surface area (Å²) < 4.78 is 52.7. The lowest BCUT2D eigenvalue weighted by atomic mass is 10.2. The zero-order valence-corrected chi connectivity index (χ0v) is 14.1. The SMILES string of the molecule is O=C(COC(=O)c1ccc2c(c1)OCO2)Nc1ncc(C(F)(F)F)cc1Cl. The first-order valence-electron chi connectivity index (χ1n) is 7.33. The lowest BCUT2D eigenvalue weighted by Crippen LogP contribution is -2.22. The molecule has 3 rings (SSSR count). The van der Waals surface area contributed by atoms with Crippen LogP contribution in [0.1, 0.15) is 15.9 Å². The van der Waals surface area contributed by atoms with Crippen molar-refractivity contribution in [2.75, 3.05) is 18.7 Å². The van der Waals surface area contributed by atoms with Gasteiger partial charge in [0.1, 0.15) is 0 Å². The summed E-state index contributed by atoms with van der Waals surface area (Å²) >= 11 is 5.68. The molecule has 2 aromatic rings. The number of fused-ring (bicyclic) bond motifs is 1. The van der Waals surface area contributed by atoms with Gasteiger partial charge in [0.05, 0.1) is 16.1 Å². The standard InChI is InChI=1S/C16H10ClF3N2O5/c17-10-4-9(16(18,19)20)5-21-14(10)22-13(23)6-25-15(24)8-1-2-11-12(3-8)27-7-26-11/h1-5H,6-7H2,(H,21,22,23). The van der Waals surface area contributed by atoms with E-state index in [-0.39, 0.29) is 18.2 Å². The number of alkyl halides is 3. The normalized spacial score (nSPS) is 12.6. The van der Waals surface area contributed by atoms with Crippen LogP contribution in [0.3, 0.4) is 0 Å². The second kappa shape index (κ2) is 7.31. The van der Waals surface area contributed by atoms with Crippen molar-refractivity contribution in [3.63, 3.8) is 0 Å². The number of esters is 1. The minimum atomic E-state index is -4.61. The molecule has 0 atom stereocenters. The van der Waals surface area contributed by atoms with Crippen molar-refractivity contribution < 1.29 is 37.0 Å². The molecule has 0 fully saturated rings. The Morgan fingerprint density at radius 1 is 1.22 bits per heavy atom. The molecule has 1 aliphatic heterocycles. The molecule has 142 valence electrons. The molecule has 0 saturated heterocycles. The number of benzene rings is 1. The largest absolute Gasteiger partial charge is 0.454 e. The maximum Gasteiger partial charge on any atom is 0.417 e. The number of carbonyl (C=O) groups excluding carboxylic acids is 2. The Hall–Kier alpha value is -3.01. The minimum Gasteiger partial charge on any atom is -0.454 e. The Balaban J connectivity index is 1.57. The monoisotopic (exact) mass is 402 g/mol. The highest BCUT2D eigenvalue weighted by Crippen LogP contribution is 2.33. The van der Waals surface area contributed by atoms with E-state index in [1.807, 2.05) is 0 Å². The molecule has 11 heteroatoms. The number of nitrogens with one attached hydrogen (secondary N) is 1. The summed E-state index contributed by atoms with van der Waals surface area (Å²) in [6.07, 6.45) is -4.08. The van der Waals surface area contributed by atoms with E-state index >= 15 is 0 Å². The van der Waals surface area contributed by atoms with Gasteiger partial charge in [0.25, 0.3) is 5.91 Å². The lowest BCUT2D eigenvalue weighted by Gasteiger charge is -2.10. The second-order valence-corrected chi connectivity index (χ2v) is 5.65. The van der Waals surface area contributed by atoms with Crippen LogP contribution in [0.5, 0.6) is 11.5 Å². The first-order chi connectivity index (χ1) is 12.7. The number of hydrogen-bond donors (Lipinski definition) is 1. The van der Waals surface area contributed by atoms with Crippen LogP contribution >= 0.6 is 11.6 Å². The average Bonchev–Trinajstić information content (AvgIpc) is 3.08. The number of carbonyl (C=O) groups is 2. The van der Waals surface area contributed by atoms with Crippen LogP contribution < -0.4 is 14.8 Å². The third-order valence-corrected chi connectivity index (χ3v) is 3.66. The van der Waals surface area contributed by atoms with E-state index in [1.165, 1.54) is 18.2 Å². The molecule has 1 aromatic carbocycles. The van der Waals surface area contributed by atoms with Crippen molar-refractivity contribution in [3.8, 4) is 11.5 Å². The molecule has 0 unspecified atom stereocenters. The Labute approximate surface area is 155 Å². The predicted octanol–water partition coefficient (Wildman–Crippen LogP) is 3.28. The summed E-state index contributed by atoms with van der Waals surface area (Å²) in [6, 6.07) is 4.98. The smallest absolute Gasteiger partial charge is 0.417 e. The number of hydrogen-bond acceptors (Lipinski definition) is 6. The van der Waals surface area contributed by atoms with E-state index in [9.17, 15) is 22.8 Å². The molecule has 1 aliphatic rings. The summed E-state index contributed by atoms with van der Waals surface area (Å²) in [5, 5.41) is 1.76. The maximum atomic E-state index is 12.6. The first-order valence-corrected chi connectivity index (χ1v) is 7.71. The van der Waals surface area contributed by atoms with Gasteiger partial charge in [-0.1, -0.05) is 11.6 Å². The highest BCUT2D eigenvalue weighted by molar-refractivity contribution is 6.33.